The molecule has 1 saturated heterocycles. The van der Waals surface area contributed by atoms with Gasteiger partial charge in [-0.1, -0.05) is 59.6 Å². The number of aliphatic carboxylic acids is 2. The van der Waals surface area contributed by atoms with Crippen molar-refractivity contribution in [2.45, 2.75) is 57.1 Å². The van der Waals surface area contributed by atoms with Gasteiger partial charge in [0.25, 0.3) is 0 Å². The standard InChI is InChI=1S/C40H44Cl2N4O8/c41-32-19-28(22-44-33(23-47)38(48)49)35(53-24-26-5-3-13-43-21-26)20-36(32)54-25-27-6-1-8-31(37(27)42)29-7-2-9-34-30(29)10-16-46(34)15-4-14-45-17-11-40(52,12-18-45)39(50)51/h1-3,5-9,13,19-21,33,44,47,52H,4,10-12,14-18,22-25H2,(H,48,49)(H,50,51)/t33-/m0/s1. The Morgan fingerprint density at radius 1 is 0.907 bits per heavy atom. The van der Waals surface area contributed by atoms with Crippen LogP contribution >= 0.6 is 23.2 Å². The number of piperidine rings is 1. The number of aliphatic hydroxyl groups excluding tert-OH is 1. The van der Waals surface area contributed by atoms with Crippen LogP contribution in [0, 0.1) is 0 Å². The van der Waals surface area contributed by atoms with E-state index in [1.54, 1.807) is 30.6 Å². The number of carbonyl (C=O) groups is 2. The average Bonchev–Trinajstić information content (AvgIpc) is 3.59. The highest BCUT2D eigenvalue weighted by Crippen LogP contribution is 2.41. The summed E-state index contributed by atoms with van der Waals surface area (Å²) in [6.07, 6.45) is 5.64. The number of hydrogen-bond donors (Lipinski definition) is 5. The second-order valence-electron chi connectivity index (χ2n) is 13.6. The van der Waals surface area contributed by atoms with Gasteiger partial charge in [-0.3, -0.25) is 15.1 Å². The van der Waals surface area contributed by atoms with Crippen molar-refractivity contribution in [2.75, 3.05) is 44.2 Å². The number of rotatable bonds is 17. The van der Waals surface area contributed by atoms with Gasteiger partial charge in [-0.25, -0.2) is 4.79 Å². The minimum atomic E-state index is -1.61. The quantitative estimate of drug-likeness (QED) is 0.0927. The van der Waals surface area contributed by atoms with Gasteiger partial charge in [0.1, 0.15) is 30.8 Å². The maximum absolute atomic E-state index is 11.5. The smallest absolute Gasteiger partial charge is 0.335 e. The van der Waals surface area contributed by atoms with Crippen molar-refractivity contribution < 1.29 is 39.5 Å². The number of ether oxygens (including phenoxy) is 2. The Morgan fingerprint density at radius 2 is 1.67 bits per heavy atom. The molecule has 1 fully saturated rings. The maximum Gasteiger partial charge on any atom is 0.335 e. The first-order valence-electron chi connectivity index (χ1n) is 17.9. The molecular formula is C40H44Cl2N4O8. The number of carboxylic acids is 2. The van der Waals surface area contributed by atoms with Crippen molar-refractivity contribution in [3.63, 3.8) is 0 Å². The molecule has 12 nitrogen and oxygen atoms in total. The number of carboxylic acid groups (broad SMARTS) is 2. The van der Waals surface area contributed by atoms with Gasteiger partial charge in [-0.2, -0.15) is 0 Å². The van der Waals surface area contributed by atoms with Crippen LogP contribution in [0.15, 0.2) is 73.1 Å². The molecule has 6 rings (SSSR count). The topological polar surface area (TPSA) is 165 Å². The third kappa shape index (κ3) is 9.26. The third-order valence-corrected chi connectivity index (χ3v) is 10.9. The van der Waals surface area contributed by atoms with Crippen LogP contribution in [0.3, 0.4) is 0 Å². The summed E-state index contributed by atoms with van der Waals surface area (Å²) in [7, 11) is 0. The monoisotopic (exact) mass is 778 g/mol. The molecular weight excluding hydrogens is 735 g/mol. The van der Waals surface area contributed by atoms with E-state index in [0.29, 0.717) is 40.2 Å². The Morgan fingerprint density at radius 3 is 2.39 bits per heavy atom. The van der Waals surface area contributed by atoms with Crippen LogP contribution in [-0.2, 0) is 35.8 Å². The molecule has 14 heteroatoms. The number of aromatic nitrogens is 1. The van der Waals surface area contributed by atoms with E-state index in [-0.39, 0.29) is 32.6 Å². The largest absolute Gasteiger partial charge is 0.488 e. The third-order valence-electron chi connectivity index (χ3n) is 10.1. The normalized spacial score (nSPS) is 15.8. The van der Waals surface area contributed by atoms with Crippen molar-refractivity contribution in [2.24, 2.45) is 0 Å². The highest BCUT2D eigenvalue weighted by Gasteiger charge is 2.39. The number of hydrogen-bond acceptors (Lipinski definition) is 10. The summed E-state index contributed by atoms with van der Waals surface area (Å²) in [5, 5.41) is 42.1. The second kappa shape index (κ2) is 17.8. The Bertz CT molecular complexity index is 1940. The lowest BCUT2D eigenvalue weighted by molar-refractivity contribution is -0.163. The molecule has 0 unspecified atom stereocenters. The molecule has 1 atom stereocenters. The summed E-state index contributed by atoms with van der Waals surface area (Å²) >= 11 is 13.8. The molecule has 1 aromatic heterocycles. The van der Waals surface area contributed by atoms with E-state index in [1.807, 2.05) is 30.3 Å². The lowest BCUT2D eigenvalue weighted by Crippen LogP contribution is -2.49. The Kier molecular flexibility index (Phi) is 12.9. The SMILES string of the molecule is O=C(O)[C@H](CO)NCc1cc(Cl)c(OCc2cccc(-c3cccc4c3CCN4CCCN3CCC(O)(C(=O)O)CC3)c2Cl)cc1OCc1cccnc1. The highest BCUT2D eigenvalue weighted by atomic mass is 35.5. The molecule has 0 amide bonds. The lowest BCUT2D eigenvalue weighted by Gasteiger charge is -2.35. The van der Waals surface area contributed by atoms with Crippen LogP contribution in [0.25, 0.3) is 11.1 Å². The number of nitrogens with one attached hydrogen (secondary N) is 1. The van der Waals surface area contributed by atoms with Gasteiger partial charge >= 0.3 is 11.9 Å². The first kappa shape index (κ1) is 39.3. The van der Waals surface area contributed by atoms with Crippen molar-refractivity contribution in [1.29, 1.82) is 0 Å². The molecule has 4 aromatic rings. The summed E-state index contributed by atoms with van der Waals surface area (Å²) in [6.45, 7) is 3.55. The minimum Gasteiger partial charge on any atom is -0.488 e. The van der Waals surface area contributed by atoms with Gasteiger partial charge in [0.05, 0.1) is 16.7 Å². The molecule has 0 aliphatic carbocycles. The van der Waals surface area contributed by atoms with E-state index < -0.39 is 30.2 Å². The first-order valence-corrected chi connectivity index (χ1v) is 18.7. The second-order valence-corrected chi connectivity index (χ2v) is 14.4. The molecule has 286 valence electrons. The molecule has 0 bridgehead atoms. The number of likely N-dealkylation sites (tertiary alicyclic amines) is 1. The zero-order chi connectivity index (χ0) is 38.2. The van der Waals surface area contributed by atoms with E-state index in [2.05, 4.69) is 32.2 Å². The predicted molar refractivity (Wildman–Crippen MR) is 205 cm³/mol. The van der Waals surface area contributed by atoms with Crippen molar-refractivity contribution in [3.05, 3.63) is 105 Å². The Labute approximate surface area is 323 Å². The van der Waals surface area contributed by atoms with Crippen LogP contribution in [0.1, 0.15) is 41.5 Å². The molecule has 3 heterocycles. The minimum absolute atomic E-state index is 0.0742. The highest BCUT2D eigenvalue weighted by molar-refractivity contribution is 6.34. The van der Waals surface area contributed by atoms with Crippen LogP contribution in [0.5, 0.6) is 11.5 Å². The van der Waals surface area contributed by atoms with Crippen LogP contribution in [0.2, 0.25) is 10.0 Å². The summed E-state index contributed by atoms with van der Waals surface area (Å²) in [4.78, 5) is 31.6. The van der Waals surface area contributed by atoms with Crippen LogP contribution in [0.4, 0.5) is 5.69 Å². The van der Waals surface area contributed by atoms with Gasteiger partial charge in [-0.05, 0) is 61.6 Å². The zero-order valence-corrected chi connectivity index (χ0v) is 31.2. The fourth-order valence-corrected chi connectivity index (χ4v) is 7.48. The molecule has 54 heavy (non-hydrogen) atoms. The van der Waals surface area contributed by atoms with E-state index in [9.17, 15) is 30.0 Å². The van der Waals surface area contributed by atoms with Gasteiger partial charge in [0.15, 0.2) is 5.60 Å². The number of pyridine rings is 1. The van der Waals surface area contributed by atoms with E-state index in [4.69, 9.17) is 32.7 Å². The van der Waals surface area contributed by atoms with Crippen molar-refractivity contribution in [1.82, 2.24) is 15.2 Å². The number of anilines is 1. The first-order chi connectivity index (χ1) is 26.1. The zero-order valence-electron chi connectivity index (χ0n) is 29.7. The molecule has 5 N–H and O–H groups in total. The lowest BCUT2D eigenvalue weighted by atomic mass is 9.91. The number of fused-ring (bicyclic) bond motifs is 1. The Hall–Kier alpha value is -4.43. The number of halogens is 2. The van der Waals surface area contributed by atoms with Crippen molar-refractivity contribution >= 4 is 40.8 Å². The van der Waals surface area contributed by atoms with E-state index in [0.717, 1.165) is 54.7 Å². The average molecular weight is 780 g/mol. The molecule has 2 aliphatic rings. The van der Waals surface area contributed by atoms with E-state index >= 15 is 0 Å². The van der Waals surface area contributed by atoms with Gasteiger partial charge in [0, 0.05) is 79.1 Å². The maximum atomic E-state index is 11.5. The fourth-order valence-electron chi connectivity index (χ4n) is 6.95. The van der Waals surface area contributed by atoms with Crippen LogP contribution in [-0.4, -0.2) is 93.2 Å². The molecule has 2 aliphatic heterocycles. The van der Waals surface area contributed by atoms with Gasteiger partial charge in [0.2, 0.25) is 0 Å². The molecule has 0 radical (unpaired) electrons. The number of benzene rings is 3. The molecule has 0 saturated carbocycles. The Balaban J connectivity index is 1.13. The predicted octanol–water partition coefficient (Wildman–Crippen LogP) is 5.41. The summed E-state index contributed by atoms with van der Waals surface area (Å²) in [5.74, 6) is -1.53. The molecule has 0 spiro atoms. The summed E-state index contributed by atoms with van der Waals surface area (Å²) in [6, 6.07) is 18.0. The summed E-state index contributed by atoms with van der Waals surface area (Å²) < 4.78 is 12.4. The molecule has 3 aromatic carbocycles. The fraction of sp³-hybridized carbons (Fsp3) is 0.375. The van der Waals surface area contributed by atoms with Gasteiger partial charge < -0.3 is 39.7 Å². The van der Waals surface area contributed by atoms with Gasteiger partial charge in [-0.15, -0.1) is 0 Å². The van der Waals surface area contributed by atoms with Crippen LogP contribution < -0.4 is 19.7 Å². The number of nitrogens with zero attached hydrogens (tertiary/aromatic N) is 3. The van der Waals surface area contributed by atoms with E-state index in [1.165, 1.54) is 11.3 Å². The summed E-state index contributed by atoms with van der Waals surface area (Å²) in [5.41, 5.74) is 4.96. The van der Waals surface area contributed by atoms with Crippen molar-refractivity contribution in [3.8, 4) is 22.6 Å². The number of aliphatic hydroxyl groups is 2.